The Hall–Kier alpha value is -2.50. The molecule has 0 bridgehead atoms. The minimum Gasteiger partial charge on any atom is -0.354 e. The number of carbonyl (C=O) groups excluding carboxylic acids is 1. The molecule has 0 aliphatic carbocycles. The Morgan fingerprint density at radius 2 is 2.18 bits per heavy atom. The van der Waals surface area contributed by atoms with Crippen molar-refractivity contribution < 1.29 is 4.79 Å². The Morgan fingerprint density at radius 1 is 1.27 bits per heavy atom. The largest absolute Gasteiger partial charge is 0.354 e. The van der Waals surface area contributed by atoms with Crippen molar-refractivity contribution >= 4 is 17.5 Å². The van der Waals surface area contributed by atoms with Crippen LogP contribution in [0.25, 0.3) is 0 Å². The van der Waals surface area contributed by atoms with Gasteiger partial charge in [-0.15, -0.1) is 5.10 Å². The van der Waals surface area contributed by atoms with E-state index in [4.69, 9.17) is 0 Å². The van der Waals surface area contributed by atoms with E-state index in [-0.39, 0.29) is 11.8 Å². The highest BCUT2D eigenvalue weighted by Crippen LogP contribution is 2.22. The summed E-state index contributed by atoms with van der Waals surface area (Å²) in [6, 6.07) is 9.39. The number of carbonyl (C=O) groups is 1. The van der Waals surface area contributed by atoms with E-state index >= 15 is 0 Å². The highest BCUT2D eigenvalue weighted by molar-refractivity contribution is 5.92. The molecule has 114 valence electrons. The first-order valence-corrected chi connectivity index (χ1v) is 7.49. The van der Waals surface area contributed by atoms with E-state index in [0.29, 0.717) is 12.4 Å². The molecule has 3 rings (SSSR count). The van der Waals surface area contributed by atoms with Gasteiger partial charge < -0.3 is 10.2 Å². The zero-order valence-corrected chi connectivity index (χ0v) is 12.6. The van der Waals surface area contributed by atoms with Gasteiger partial charge in [-0.2, -0.15) is 5.10 Å². The Balaban J connectivity index is 1.65. The van der Waals surface area contributed by atoms with Crippen LogP contribution in [0.3, 0.4) is 0 Å². The molecule has 0 aromatic carbocycles. The summed E-state index contributed by atoms with van der Waals surface area (Å²) in [5, 5.41) is 11.2. The molecule has 1 aliphatic rings. The molecule has 0 radical (unpaired) electrons. The van der Waals surface area contributed by atoms with Gasteiger partial charge in [0, 0.05) is 19.3 Å². The third-order valence-electron chi connectivity index (χ3n) is 3.82. The van der Waals surface area contributed by atoms with Crippen LogP contribution in [0.4, 0.5) is 11.6 Å². The molecule has 6 heteroatoms. The maximum Gasteiger partial charge on any atom is 0.230 e. The number of hydrogen-bond acceptors (Lipinski definition) is 5. The van der Waals surface area contributed by atoms with Crippen LogP contribution in [-0.2, 0) is 4.79 Å². The number of amides is 1. The first kappa shape index (κ1) is 14.4. The fourth-order valence-electron chi connectivity index (χ4n) is 2.62. The van der Waals surface area contributed by atoms with E-state index in [1.807, 2.05) is 31.2 Å². The van der Waals surface area contributed by atoms with Crippen molar-refractivity contribution in [1.29, 1.82) is 0 Å². The van der Waals surface area contributed by atoms with Crippen LogP contribution in [0.5, 0.6) is 0 Å². The van der Waals surface area contributed by atoms with Gasteiger partial charge >= 0.3 is 0 Å². The van der Waals surface area contributed by atoms with Crippen molar-refractivity contribution in [2.24, 2.45) is 5.92 Å². The minimum atomic E-state index is -0.0566. The Kier molecular flexibility index (Phi) is 4.27. The zero-order valence-electron chi connectivity index (χ0n) is 12.6. The van der Waals surface area contributed by atoms with Gasteiger partial charge in [0.05, 0.1) is 11.6 Å². The molecule has 2 aromatic heterocycles. The molecule has 6 nitrogen and oxygen atoms in total. The molecule has 1 saturated heterocycles. The monoisotopic (exact) mass is 297 g/mol. The molecule has 0 spiro atoms. The summed E-state index contributed by atoms with van der Waals surface area (Å²) in [5.41, 5.74) is 0.894. The summed E-state index contributed by atoms with van der Waals surface area (Å²) < 4.78 is 0. The first-order chi connectivity index (χ1) is 10.7. The predicted octanol–water partition coefficient (Wildman–Crippen LogP) is 2.04. The lowest BCUT2D eigenvalue weighted by Crippen LogP contribution is -2.41. The van der Waals surface area contributed by atoms with Gasteiger partial charge in [-0.25, -0.2) is 4.98 Å². The smallest absolute Gasteiger partial charge is 0.230 e. The average molecular weight is 297 g/mol. The number of piperidine rings is 1. The van der Waals surface area contributed by atoms with E-state index in [2.05, 4.69) is 25.4 Å². The minimum absolute atomic E-state index is 0.0171. The molecule has 3 heterocycles. The standard InChI is InChI=1S/C16H19N5O/c1-12-7-8-15(20-19-12)21-10-4-5-13(11-21)16(22)18-14-6-2-3-9-17-14/h2-3,6-9,13H,4-5,10-11H2,1H3,(H,17,18,22). The van der Waals surface area contributed by atoms with Crippen LogP contribution < -0.4 is 10.2 Å². The van der Waals surface area contributed by atoms with Crippen LogP contribution in [0, 0.1) is 12.8 Å². The highest BCUT2D eigenvalue weighted by Gasteiger charge is 2.26. The normalized spacial score (nSPS) is 18.0. The molecule has 22 heavy (non-hydrogen) atoms. The second-order valence-electron chi connectivity index (χ2n) is 5.52. The van der Waals surface area contributed by atoms with Crippen LogP contribution in [-0.4, -0.2) is 34.2 Å². The number of pyridine rings is 1. The van der Waals surface area contributed by atoms with Crippen LogP contribution in [0.1, 0.15) is 18.5 Å². The lowest BCUT2D eigenvalue weighted by atomic mass is 9.97. The highest BCUT2D eigenvalue weighted by atomic mass is 16.2. The Bertz CT molecular complexity index is 629. The van der Waals surface area contributed by atoms with E-state index < -0.39 is 0 Å². The number of nitrogens with one attached hydrogen (secondary N) is 1. The van der Waals surface area contributed by atoms with Crippen LogP contribution >= 0.6 is 0 Å². The number of aromatic nitrogens is 3. The molecule has 1 unspecified atom stereocenters. The summed E-state index contributed by atoms with van der Waals surface area (Å²) in [6.07, 6.45) is 3.52. The van der Waals surface area contributed by atoms with Gasteiger partial charge in [0.25, 0.3) is 0 Å². The summed E-state index contributed by atoms with van der Waals surface area (Å²) in [7, 11) is 0. The Labute approximate surface area is 129 Å². The maximum absolute atomic E-state index is 12.4. The molecule has 0 saturated carbocycles. The summed E-state index contributed by atoms with van der Waals surface area (Å²) in [4.78, 5) is 18.6. The summed E-state index contributed by atoms with van der Waals surface area (Å²) >= 11 is 0. The molecule has 1 amide bonds. The quantitative estimate of drug-likeness (QED) is 0.938. The van der Waals surface area contributed by atoms with Crippen molar-refractivity contribution in [3.05, 3.63) is 42.2 Å². The zero-order chi connectivity index (χ0) is 15.4. The van der Waals surface area contributed by atoms with Crippen molar-refractivity contribution in [2.75, 3.05) is 23.3 Å². The van der Waals surface area contributed by atoms with Crippen LogP contribution in [0.15, 0.2) is 36.5 Å². The average Bonchev–Trinajstić information content (AvgIpc) is 2.56. The van der Waals surface area contributed by atoms with E-state index in [0.717, 1.165) is 30.9 Å². The molecule has 1 atom stereocenters. The van der Waals surface area contributed by atoms with E-state index in [9.17, 15) is 4.79 Å². The van der Waals surface area contributed by atoms with Gasteiger partial charge in [0.1, 0.15) is 5.82 Å². The van der Waals surface area contributed by atoms with Gasteiger partial charge in [-0.1, -0.05) is 6.07 Å². The molecule has 1 fully saturated rings. The molecular weight excluding hydrogens is 278 g/mol. The summed E-state index contributed by atoms with van der Waals surface area (Å²) in [6.45, 7) is 3.48. The van der Waals surface area contributed by atoms with E-state index in [1.165, 1.54) is 0 Å². The fraction of sp³-hybridized carbons (Fsp3) is 0.375. The van der Waals surface area contributed by atoms with Gasteiger partial charge in [-0.05, 0) is 44.0 Å². The van der Waals surface area contributed by atoms with E-state index in [1.54, 1.807) is 12.3 Å². The maximum atomic E-state index is 12.4. The van der Waals surface area contributed by atoms with Crippen molar-refractivity contribution in [3.63, 3.8) is 0 Å². The topological polar surface area (TPSA) is 71.0 Å². The van der Waals surface area contributed by atoms with Gasteiger partial charge in [0.2, 0.25) is 5.91 Å². The predicted molar refractivity (Wildman–Crippen MR) is 84.6 cm³/mol. The van der Waals surface area contributed by atoms with Gasteiger partial charge in [0.15, 0.2) is 5.82 Å². The molecule has 1 N–H and O–H groups in total. The molecule has 1 aliphatic heterocycles. The number of hydrogen-bond donors (Lipinski definition) is 1. The molecule has 2 aromatic rings. The lowest BCUT2D eigenvalue weighted by molar-refractivity contribution is -0.120. The second kappa shape index (κ2) is 6.51. The van der Waals surface area contributed by atoms with Crippen molar-refractivity contribution in [3.8, 4) is 0 Å². The SMILES string of the molecule is Cc1ccc(N2CCCC(C(=O)Nc3ccccn3)C2)nn1. The summed E-state index contributed by atoms with van der Waals surface area (Å²) in [5.74, 6) is 1.39. The number of aryl methyl sites for hydroxylation is 1. The lowest BCUT2D eigenvalue weighted by Gasteiger charge is -2.32. The van der Waals surface area contributed by atoms with Crippen molar-refractivity contribution in [2.45, 2.75) is 19.8 Å². The van der Waals surface area contributed by atoms with Crippen LogP contribution in [0.2, 0.25) is 0 Å². The van der Waals surface area contributed by atoms with Crippen molar-refractivity contribution in [1.82, 2.24) is 15.2 Å². The number of nitrogens with zero attached hydrogens (tertiary/aromatic N) is 4. The molecular formula is C16H19N5O. The first-order valence-electron chi connectivity index (χ1n) is 7.49. The number of rotatable bonds is 3. The third-order valence-corrected chi connectivity index (χ3v) is 3.82. The fourth-order valence-corrected chi connectivity index (χ4v) is 2.62. The third kappa shape index (κ3) is 3.39. The van der Waals surface area contributed by atoms with Gasteiger partial charge in [-0.3, -0.25) is 4.79 Å². The second-order valence-corrected chi connectivity index (χ2v) is 5.52. The number of anilines is 2. The Morgan fingerprint density at radius 3 is 2.91 bits per heavy atom.